The van der Waals surface area contributed by atoms with Crippen LogP contribution in [0.4, 0.5) is 0 Å². The Labute approximate surface area is 132 Å². The SMILES string of the molecule is COc1ccccc1CCN(CC(=O)NC(C)(C)C)C(C)=O. The Morgan fingerprint density at radius 2 is 1.86 bits per heavy atom. The van der Waals surface area contributed by atoms with Crippen molar-refractivity contribution in [3.63, 3.8) is 0 Å². The monoisotopic (exact) mass is 306 g/mol. The summed E-state index contributed by atoms with van der Waals surface area (Å²) in [5.41, 5.74) is 0.717. The van der Waals surface area contributed by atoms with Gasteiger partial charge in [-0.2, -0.15) is 0 Å². The predicted molar refractivity (Wildman–Crippen MR) is 86.8 cm³/mol. The standard InChI is InChI=1S/C17H26N2O3/c1-13(20)19(12-16(21)18-17(2,3)4)11-10-14-8-6-7-9-15(14)22-5/h6-9H,10-12H2,1-5H3,(H,18,21). The van der Waals surface area contributed by atoms with Crippen LogP contribution in [0.25, 0.3) is 0 Å². The van der Waals surface area contributed by atoms with Crippen LogP contribution in [0, 0.1) is 0 Å². The summed E-state index contributed by atoms with van der Waals surface area (Å²) in [7, 11) is 1.62. The lowest BCUT2D eigenvalue weighted by atomic mass is 10.1. The molecule has 1 N–H and O–H groups in total. The topological polar surface area (TPSA) is 58.6 Å². The summed E-state index contributed by atoms with van der Waals surface area (Å²) < 4.78 is 5.30. The number of nitrogens with one attached hydrogen (secondary N) is 1. The van der Waals surface area contributed by atoms with Gasteiger partial charge in [0.15, 0.2) is 0 Å². The largest absolute Gasteiger partial charge is 0.496 e. The molecule has 0 saturated carbocycles. The molecule has 0 bridgehead atoms. The van der Waals surface area contributed by atoms with E-state index in [1.54, 1.807) is 12.0 Å². The second kappa shape index (κ2) is 7.82. The molecule has 0 aliphatic rings. The van der Waals surface area contributed by atoms with Crippen molar-refractivity contribution in [1.29, 1.82) is 0 Å². The lowest BCUT2D eigenvalue weighted by molar-refractivity contribution is -0.134. The van der Waals surface area contributed by atoms with Gasteiger partial charge in [-0.1, -0.05) is 18.2 Å². The minimum atomic E-state index is -0.303. The van der Waals surface area contributed by atoms with E-state index in [0.29, 0.717) is 13.0 Å². The molecule has 22 heavy (non-hydrogen) atoms. The van der Waals surface area contributed by atoms with Gasteiger partial charge in [-0.15, -0.1) is 0 Å². The van der Waals surface area contributed by atoms with Gasteiger partial charge in [-0.05, 0) is 38.8 Å². The minimum absolute atomic E-state index is 0.0712. The highest BCUT2D eigenvalue weighted by Crippen LogP contribution is 2.18. The second-order valence-corrected chi connectivity index (χ2v) is 6.30. The van der Waals surface area contributed by atoms with Crippen LogP contribution < -0.4 is 10.1 Å². The van der Waals surface area contributed by atoms with E-state index in [0.717, 1.165) is 11.3 Å². The molecule has 0 unspecified atom stereocenters. The second-order valence-electron chi connectivity index (χ2n) is 6.30. The molecule has 0 fully saturated rings. The average Bonchev–Trinajstić information content (AvgIpc) is 2.41. The molecule has 5 heteroatoms. The molecule has 1 aromatic rings. The maximum absolute atomic E-state index is 12.0. The predicted octanol–water partition coefficient (Wildman–Crippen LogP) is 2.00. The van der Waals surface area contributed by atoms with E-state index in [1.165, 1.54) is 6.92 Å². The van der Waals surface area contributed by atoms with Crippen LogP contribution in [0.2, 0.25) is 0 Å². The van der Waals surface area contributed by atoms with Gasteiger partial charge in [0.25, 0.3) is 0 Å². The van der Waals surface area contributed by atoms with Crippen molar-refractivity contribution in [2.45, 2.75) is 39.7 Å². The first-order valence-corrected chi connectivity index (χ1v) is 7.41. The molecule has 1 aromatic carbocycles. The van der Waals surface area contributed by atoms with E-state index >= 15 is 0 Å². The number of ether oxygens (including phenoxy) is 1. The number of benzene rings is 1. The molecular weight excluding hydrogens is 280 g/mol. The van der Waals surface area contributed by atoms with E-state index < -0.39 is 0 Å². The fraction of sp³-hybridized carbons (Fsp3) is 0.529. The molecule has 0 heterocycles. The molecular formula is C17H26N2O3. The number of rotatable bonds is 6. The van der Waals surface area contributed by atoms with Crippen molar-refractivity contribution in [3.8, 4) is 5.75 Å². The van der Waals surface area contributed by atoms with Gasteiger partial charge >= 0.3 is 0 Å². The number of hydrogen-bond acceptors (Lipinski definition) is 3. The smallest absolute Gasteiger partial charge is 0.240 e. The number of hydrogen-bond donors (Lipinski definition) is 1. The van der Waals surface area contributed by atoms with Crippen molar-refractivity contribution >= 4 is 11.8 Å². The molecule has 2 amide bonds. The zero-order valence-electron chi connectivity index (χ0n) is 14.1. The number of nitrogens with zero attached hydrogens (tertiary/aromatic N) is 1. The van der Waals surface area contributed by atoms with Crippen LogP contribution in [0.15, 0.2) is 24.3 Å². The van der Waals surface area contributed by atoms with Gasteiger partial charge in [0.1, 0.15) is 5.75 Å². The molecule has 1 rings (SSSR count). The van der Waals surface area contributed by atoms with E-state index in [9.17, 15) is 9.59 Å². The number of carbonyl (C=O) groups excluding carboxylic acids is 2. The molecule has 0 spiro atoms. The first-order valence-electron chi connectivity index (χ1n) is 7.41. The molecule has 122 valence electrons. The average molecular weight is 306 g/mol. The molecule has 0 aromatic heterocycles. The van der Waals surface area contributed by atoms with Gasteiger partial charge in [-0.3, -0.25) is 9.59 Å². The molecule has 0 aliphatic heterocycles. The van der Waals surface area contributed by atoms with Crippen LogP contribution in [-0.2, 0) is 16.0 Å². The summed E-state index contributed by atoms with van der Waals surface area (Å²) in [5.74, 6) is 0.534. The highest BCUT2D eigenvalue weighted by Gasteiger charge is 2.18. The summed E-state index contributed by atoms with van der Waals surface area (Å²) in [6.07, 6.45) is 0.645. The van der Waals surface area contributed by atoms with Crippen molar-refractivity contribution in [3.05, 3.63) is 29.8 Å². The maximum atomic E-state index is 12.0. The summed E-state index contributed by atoms with van der Waals surface area (Å²) >= 11 is 0. The summed E-state index contributed by atoms with van der Waals surface area (Å²) in [6.45, 7) is 7.77. The Morgan fingerprint density at radius 3 is 2.41 bits per heavy atom. The third-order valence-electron chi connectivity index (χ3n) is 3.14. The first kappa shape index (κ1) is 18.0. The molecule has 0 aliphatic carbocycles. The fourth-order valence-electron chi connectivity index (χ4n) is 2.14. The summed E-state index contributed by atoms with van der Waals surface area (Å²) in [4.78, 5) is 25.3. The zero-order valence-corrected chi connectivity index (χ0v) is 14.1. The Balaban J connectivity index is 2.65. The van der Waals surface area contributed by atoms with E-state index in [-0.39, 0.29) is 23.9 Å². The maximum Gasteiger partial charge on any atom is 0.240 e. The number of methoxy groups -OCH3 is 1. The van der Waals surface area contributed by atoms with Crippen LogP contribution >= 0.6 is 0 Å². The van der Waals surface area contributed by atoms with Gasteiger partial charge in [-0.25, -0.2) is 0 Å². The van der Waals surface area contributed by atoms with Crippen molar-refractivity contribution in [2.24, 2.45) is 0 Å². The van der Waals surface area contributed by atoms with E-state index in [4.69, 9.17) is 4.74 Å². The van der Waals surface area contributed by atoms with Gasteiger partial charge < -0.3 is 15.0 Å². The molecule has 0 saturated heterocycles. The van der Waals surface area contributed by atoms with Crippen LogP contribution in [0.3, 0.4) is 0 Å². The normalized spacial score (nSPS) is 11.0. The zero-order chi connectivity index (χ0) is 16.8. The summed E-state index contributed by atoms with van der Waals surface area (Å²) in [5, 5.41) is 2.87. The number of para-hydroxylation sites is 1. The third-order valence-corrected chi connectivity index (χ3v) is 3.14. The van der Waals surface area contributed by atoms with Gasteiger partial charge in [0.05, 0.1) is 13.7 Å². The Hall–Kier alpha value is -2.04. The number of carbonyl (C=O) groups is 2. The fourth-order valence-corrected chi connectivity index (χ4v) is 2.14. The van der Waals surface area contributed by atoms with Gasteiger partial charge in [0.2, 0.25) is 11.8 Å². The lowest BCUT2D eigenvalue weighted by Crippen LogP contribution is -2.47. The van der Waals surface area contributed by atoms with Gasteiger partial charge in [0, 0.05) is 19.0 Å². The van der Waals surface area contributed by atoms with Crippen molar-refractivity contribution in [2.75, 3.05) is 20.2 Å². The minimum Gasteiger partial charge on any atom is -0.496 e. The number of amides is 2. The Kier molecular flexibility index (Phi) is 6.40. The Morgan fingerprint density at radius 1 is 1.23 bits per heavy atom. The lowest BCUT2D eigenvalue weighted by Gasteiger charge is -2.25. The van der Waals surface area contributed by atoms with Crippen LogP contribution in [-0.4, -0.2) is 42.5 Å². The van der Waals surface area contributed by atoms with Crippen molar-refractivity contribution in [1.82, 2.24) is 10.2 Å². The van der Waals surface area contributed by atoms with Crippen LogP contribution in [0.5, 0.6) is 5.75 Å². The van der Waals surface area contributed by atoms with Crippen LogP contribution in [0.1, 0.15) is 33.3 Å². The van der Waals surface area contributed by atoms with Crippen molar-refractivity contribution < 1.29 is 14.3 Å². The quantitative estimate of drug-likeness (QED) is 0.874. The molecule has 0 atom stereocenters. The molecule has 0 radical (unpaired) electrons. The Bertz CT molecular complexity index is 521. The highest BCUT2D eigenvalue weighted by molar-refractivity contribution is 5.84. The van der Waals surface area contributed by atoms with E-state index in [1.807, 2.05) is 45.0 Å². The highest BCUT2D eigenvalue weighted by atomic mass is 16.5. The summed E-state index contributed by atoms with van der Waals surface area (Å²) in [6, 6.07) is 7.69. The van der Waals surface area contributed by atoms with E-state index in [2.05, 4.69) is 5.32 Å². The molecule has 5 nitrogen and oxygen atoms in total. The third kappa shape index (κ3) is 6.16. The first-order chi connectivity index (χ1) is 10.2.